The Hall–Kier alpha value is -2.29. The van der Waals surface area contributed by atoms with Gasteiger partial charge in [-0.2, -0.15) is 0 Å². The molecule has 1 N–H and O–H groups in total. The highest BCUT2D eigenvalue weighted by Crippen LogP contribution is 2.25. The van der Waals surface area contributed by atoms with Crippen LogP contribution in [0.4, 0.5) is 0 Å². The fraction of sp³-hybridized carbons (Fsp3) is 0.316. The Labute approximate surface area is 131 Å². The van der Waals surface area contributed by atoms with Gasteiger partial charge in [-0.15, -0.1) is 0 Å². The van der Waals surface area contributed by atoms with E-state index >= 15 is 0 Å². The quantitative estimate of drug-likeness (QED) is 0.791. The lowest BCUT2D eigenvalue weighted by atomic mass is 9.92. The van der Waals surface area contributed by atoms with Crippen molar-refractivity contribution >= 4 is 5.97 Å². The first-order chi connectivity index (χ1) is 10.7. The second-order valence-electron chi connectivity index (χ2n) is 5.27. The van der Waals surface area contributed by atoms with Gasteiger partial charge in [-0.05, 0) is 49.4 Å². The molecule has 0 aliphatic rings. The maximum atomic E-state index is 11.5. The molecule has 0 aliphatic carbocycles. The Kier molecular flexibility index (Phi) is 6.01. The summed E-state index contributed by atoms with van der Waals surface area (Å²) in [6.07, 6.45) is 2.40. The van der Waals surface area contributed by atoms with E-state index in [1.165, 1.54) is 5.56 Å². The monoisotopic (exact) mass is 298 g/mol. The van der Waals surface area contributed by atoms with Gasteiger partial charge in [0, 0.05) is 0 Å². The smallest absolute Gasteiger partial charge is 0.310 e. The van der Waals surface area contributed by atoms with Crippen molar-refractivity contribution in [2.75, 3.05) is 6.61 Å². The van der Waals surface area contributed by atoms with Crippen LogP contribution < -0.4 is 4.74 Å². The number of aryl methyl sites for hydroxylation is 1. The highest BCUT2D eigenvalue weighted by molar-refractivity contribution is 5.76. The molecule has 0 fully saturated rings. The number of ether oxygens (including phenoxy) is 1. The summed E-state index contributed by atoms with van der Waals surface area (Å²) >= 11 is 0. The lowest BCUT2D eigenvalue weighted by Crippen LogP contribution is -2.12. The summed E-state index contributed by atoms with van der Waals surface area (Å²) in [5, 5.41) is 9.47. The number of benzene rings is 2. The van der Waals surface area contributed by atoms with Crippen molar-refractivity contribution in [3.8, 4) is 5.75 Å². The van der Waals surface area contributed by atoms with Gasteiger partial charge in [0.05, 0.1) is 12.5 Å². The van der Waals surface area contributed by atoms with Crippen LogP contribution in [0.15, 0.2) is 54.6 Å². The van der Waals surface area contributed by atoms with Crippen molar-refractivity contribution in [1.82, 2.24) is 0 Å². The molecule has 0 spiro atoms. The van der Waals surface area contributed by atoms with Gasteiger partial charge in [0.15, 0.2) is 0 Å². The van der Waals surface area contributed by atoms with Gasteiger partial charge < -0.3 is 9.84 Å². The fourth-order valence-corrected chi connectivity index (χ4v) is 2.55. The van der Waals surface area contributed by atoms with Crippen LogP contribution in [0.2, 0.25) is 0 Å². The van der Waals surface area contributed by atoms with Crippen molar-refractivity contribution in [2.45, 2.75) is 32.1 Å². The normalized spacial score (nSPS) is 11.9. The highest BCUT2D eigenvalue weighted by atomic mass is 16.5. The van der Waals surface area contributed by atoms with Crippen LogP contribution >= 0.6 is 0 Å². The van der Waals surface area contributed by atoms with E-state index in [2.05, 4.69) is 12.1 Å². The molecular formula is C19H22O3. The summed E-state index contributed by atoms with van der Waals surface area (Å²) in [6, 6.07) is 17.5. The highest BCUT2D eigenvalue weighted by Gasteiger charge is 2.19. The average Bonchev–Trinajstić information content (AvgIpc) is 2.54. The van der Waals surface area contributed by atoms with Gasteiger partial charge in [-0.25, -0.2) is 0 Å². The van der Waals surface area contributed by atoms with Crippen LogP contribution in [0, 0.1) is 0 Å². The zero-order valence-corrected chi connectivity index (χ0v) is 12.9. The number of carboxylic acid groups (broad SMARTS) is 1. The first-order valence-corrected chi connectivity index (χ1v) is 7.70. The summed E-state index contributed by atoms with van der Waals surface area (Å²) in [6.45, 7) is 2.54. The molecule has 0 saturated carbocycles. The van der Waals surface area contributed by atoms with E-state index in [0.717, 1.165) is 24.2 Å². The van der Waals surface area contributed by atoms with Gasteiger partial charge in [0.1, 0.15) is 5.75 Å². The number of carboxylic acids is 1. The average molecular weight is 298 g/mol. The zero-order chi connectivity index (χ0) is 15.8. The molecule has 2 rings (SSSR count). The van der Waals surface area contributed by atoms with E-state index in [1.807, 2.05) is 49.4 Å². The van der Waals surface area contributed by atoms with Crippen molar-refractivity contribution in [2.24, 2.45) is 0 Å². The summed E-state index contributed by atoms with van der Waals surface area (Å²) in [4.78, 5) is 11.5. The minimum atomic E-state index is -0.766. The van der Waals surface area contributed by atoms with Crippen molar-refractivity contribution in [3.05, 3.63) is 65.7 Å². The fourth-order valence-electron chi connectivity index (χ4n) is 2.55. The standard InChI is InChI=1S/C19H22O3/c1-2-22-17-13-11-16(12-14-17)18(19(20)21)10-6-9-15-7-4-3-5-8-15/h3-5,7-8,11-14,18H,2,6,9-10H2,1H3,(H,20,21). The number of rotatable bonds is 8. The largest absolute Gasteiger partial charge is 0.494 e. The maximum absolute atomic E-state index is 11.5. The number of aliphatic carboxylic acids is 1. The van der Waals surface area contributed by atoms with Crippen molar-refractivity contribution < 1.29 is 14.6 Å². The van der Waals surface area contributed by atoms with Crippen LogP contribution in [-0.2, 0) is 11.2 Å². The number of hydrogen-bond acceptors (Lipinski definition) is 2. The molecule has 1 unspecified atom stereocenters. The SMILES string of the molecule is CCOc1ccc(C(CCCc2ccccc2)C(=O)O)cc1. The molecule has 22 heavy (non-hydrogen) atoms. The molecule has 2 aromatic rings. The second kappa shape index (κ2) is 8.23. The lowest BCUT2D eigenvalue weighted by Gasteiger charge is -2.13. The van der Waals surface area contributed by atoms with E-state index in [-0.39, 0.29) is 0 Å². The lowest BCUT2D eigenvalue weighted by molar-refractivity contribution is -0.139. The van der Waals surface area contributed by atoms with Crippen LogP contribution in [-0.4, -0.2) is 17.7 Å². The molecule has 0 radical (unpaired) electrons. The molecule has 0 saturated heterocycles. The van der Waals surface area contributed by atoms with E-state index in [0.29, 0.717) is 13.0 Å². The third-order valence-electron chi connectivity index (χ3n) is 3.69. The second-order valence-corrected chi connectivity index (χ2v) is 5.27. The van der Waals surface area contributed by atoms with Gasteiger partial charge in [-0.1, -0.05) is 42.5 Å². The van der Waals surface area contributed by atoms with Crippen LogP contribution in [0.5, 0.6) is 5.75 Å². The predicted octanol–water partition coefficient (Wildman–Crippen LogP) is 4.28. The summed E-state index contributed by atoms with van der Waals surface area (Å²) in [5.74, 6) is -0.448. The Morgan fingerprint density at radius 2 is 1.77 bits per heavy atom. The molecule has 1 atom stereocenters. The van der Waals surface area contributed by atoms with Gasteiger partial charge in [0.25, 0.3) is 0 Å². The van der Waals surface area contributed by atoms with Crippen molar-refractivity contribution in [1.29, 1.82) is 0 Å². The Morgan fingerprint density at radius 1 is 1.09 bits per heavy atom. The molecule has 116 valence electrons. The molecule has 0 bridgehead atoms. The van der Waals surface area contributed by atoms with E-state index in [4.69, 9.17) is 4.74 Å². The molecule has 0 aromatic heterocycles. The van der Waals surface area contributed by atoms with Crippen LogP contribution in [0.3, 0.4) is 0 Å². The zero-order valence-electron chi connectivity index (χ0n) is 12.9. The Morgan fingerprint density at radius 3 is 2.36 bits per heavy atom. The predicted molar refractivity (Wildman–Crippen MR) is 87.4 cm³/mol. The third kappa shape index (κ3) is 4.62. The first-order valence-electron chi connectivity index (χ1n) is 7.70. The summed E-state index contributed by atoms with van der Waals surface area (Å²) < 4.78 is 5.39. The van der Waals surface area contributed by atoms with E-state index < -0.39 is 11.9 Å². The van der Waals surface area contributed by atoms with Gasteiger partial charge >= 0.3 is 5.97 Å². The topological polar surface area (TPSA) is 46.5 Å². The summed E-state index contributed by atoms with van der Waals surface area (Å²) in [5.41, 5.74) is 2.09. The van der Waals surface area contributed by atoms with Crippen LogP contribution in [0.25, 0.3) is 0 Å². The number of hydrogen-bond donors (Lipinski definition) is 1. The van der Waals surface area contributed by atoms with Crippen molar-refractivity contribution in [3.63, 3.8) is 0 Å². The molecule has 0 amide bonds. The molecular weight excluding hydrogens is 276 g/mol. The van der Waals surface area contributed by atoms with Gasteiger partial charge in [-0.3, -0.25) is 4.79 Å². The Balaban J connectivity index is 1.96. The molecule has 3 heteroatoms. The minimum Gasteiger partial charge on any atom is -0.494 e. The van der Waals surface area contributed by atoms with E-state index in [9.17, 15) is 9.90 Å². The third-order valence-corrected chi connectivity index (χ3v) is 3.69. The molecule has 0 heterocycles. The van der Waals surface area contributed by atoms with Gasteiger partial charge in [0.2, 0.25) is 0 Å². The number of carbonyl (C=O) groups is 1. The minimum absolute atomic E-state index is 0.459. The Bertz CT molecular complexity index is 575. The molecule has 3 nitrogen and oxygen atoms in total. The molecule has 2 aromatic carbocycles. The molecule has 0 aliphatic heterocycles. The van der Waals surface area contributed by atoms with E-state index in [1.54, 1.807) is 0 Å². The van der Waals surface area contributed by atoms with Crippen LogP contribution in [0.1, 0.15) is 36.8 Å². The maximum Gasteiger partial charge on any atom is 0.310 e. The summed E-state index contributed by atoms with van der Waals surface area (Å²) in [7, 11) is 0. The first kappa shape index (κ1) is 16.1.